The standard InChI is InChI=1S/C17H21N3O3/c1-11(15(21)8-12-6-4-3-5-7-12)19-17(23)14-9-13(16(18)22)10-20(14)2/h3-7,9-11,15,21H,8H2,1-2H3,(H2,18,22)(H,19,23). The van der Waals surface area contributed by atoms with Crippen LogP contribution in [-0.4, -0.2) is 33.6 Å². The third-order valence-electron chi connectivity index (χ3n) is 3.75. The Morgan fingerprint density at radius 1 is 1.30 bits per heavy atom. The lowest BCUT2D eigenvalue weighted by Crippen LogP contribution is -2.42. The molecule has 0 saturated carbocycles. The smallest absolute Gasteiger partial charge is 0.268 e. The third kappa shape index (κ3) is 4.20. The molecule has 0 aliphatic heterocycles. The molecule has 0 spiro atoms. The summed E-state index contributed by atoms with van der Waals surface area (Å²) in [5.41, 5.74) is 6.79. The van der Waals surface area contributed by atoms with Crippen LogP contribution < -0.4 is 11.1 Å². The SMILES string of the molecule is CC(NC(=O)c1cc(C(N)=O)cn1C)C(O)Cc1ccccc1. The second-order valence-electron chi connectivity index (χ2n) is 5.61. The molecule has 0 aliphatic rings. The Morgan fingerprint density at radius 3 is 2.52 bits per heavy atom. The van der Waals surface area contributed by atoms with E-state index in [0.29, 0.717) is 12.1 Å². The van der Waals surface area contributed by atoms with Crippen molar-refractivity contribution in [1.29, 1.82) is 0 Å². The number of nitrogens with zero attached hydrogens (tertiary/aromatic N) is 1. The molecular formula is C17H21N3O3. The number of hydrogen-bond acceptors (Lipinski definition) is 3. The van der Waals surface area contributed by atoms with Gasteiger partial charge in [0.15, 0.2) is 0 Å². The highest BCUT2D eigenvalue weighted by Gasteiger charge is 2.20. The van der Waals surface area contributed by atoms with Gasteiger partial charge >= 0.3 is 0 Å². The molecule has 4 N–H and O–H groups in total. The number of benzene rings is 1. The van der Waals surface area contributed by atoms with Crippen molar-refractivity contribution in [3.05, 3.63) is 59.4 Å². The Hall–Kier alpha value is -2.60. The summed E-state index contributed by atoms with van der Waals surface area (Å²) in [6.07, 6.45) is 1.24. The van der Waals surface area contributed by atoms with Crippen molar-refractivity contribution in [2.75, 3.05) is 0 Å². The van der Waals surface area contributed by atoms with Gasteiger partial charge in [0.25, 0.3) is 5.91 Å². The number of carbonyl (C=O) groups is 2. The molecule has 0 radical (unpaired) electrons. The maximum absolute atomic E-state index is 12.3. The lowest BCUT2D eigenvalue weighted by molar-refractivity contribution is 0.0844. The van der Waals surface area contributed by atoms with E-state index >= 15 is 0 Å². The molecule has 6 nitrogen and oxygen atoms in total. The number of nitrogens with one attached hydrogen (secondary N) is 1. The van der Waals surface area contributed by atoms with E-state index in [9.17, 15) is 14.7 Å². The highest BCUT2D eigenvalue weighted by molar-refractivity contribution is 5.98. The maximum atomic E-state index is 12.3. The summed E-state index contributed by atoms with van der Waals surface area (Å²) in [6.45, 7) is 1.74. The first-order chi connectivity index (χ1) is 10.9. The van der Waals surface area contributed by atoms with E-state index < -0.39 is 18.1 Å². The summed E-state index contributed by atoms with van der Waals surface area (Å²) >= 11 is 0. The second-order valence-corrected chi connectivity index (χ2v) is 5.61. The lowest BCUT2D eigenvalue weighted by atomic mass is 10.0. The van der Waals surface area contributed by atoms with E-state index in [-0.39, 0.29) is 11.5 Å². The fraction of sp³-hybridized carbons (Fsp3) is 0.294. The Morgan fingerprint density at radius 2 is 1.96 bits per heavy atom. The molecule has 0 fully saturated rings. The topological polar surface area (TPSA) is 97.4 Å². The van der Waals surface area contributed by atoms with Gasteiger partial charge in [0.2, 0.25) is 5.91 Å². The number of hydrogen-bond donors (Lipinski definition) is 3. The van der Waals surface area contributed by atoms with Crippen LogP contribution in [0.2, 0.25) is 0 Å². The Balaban J connectivity index is 2.00. The molecule has 1 aromatic carbocycles. The maximum Gasteiger partial charge on any atom is 0.268 e. The number of amides is 2. The highest BCUT2D eigenvalue weighted by Crippen LogP contribution is 2.09. The van der Waals surface area contributed by atoms with Crippen molar-refractivity contribution < 1.29 is 14.7 Å². The van der Waals surface area contributed by atoms with Crippen molar-refractivity contribution in [1.82, 2.24) is 9.88 Å². The molecule has 0 saturated heterocycles. The van der Waals surface area contributed by atoms with Gasteiger partial charge in [-0.05, 0) is 18.6 Å². The van der Waals surface area contributed by atoms with E-state index in [2.05, 4.69) is 5.32 Å². The quantitative estimate of drug-likeness (QED) is 0.737. The van der Waals surface area contributed by atoms with Crippen LogP contribution in [0.25, 0.3) is 0 Å². The molecule has 0 aliphatic carbocycles. The fourth-order valence-electron chi connectivity index (χ4n) is 2.33. The largest absolute Gasteiger partial charge is 0.391 e. The van der Waals surface area contributed by atoms with E-state index in [0.717, 1.165) is 5.56 Å². The summed E-state index contributed by atoms with van der Waals surface area (Å²) in [5, 5.41) is 13.0. The van der Waals surface area contributed by atoms with Crippen molar-refractivity contribution >= 4 is 11.8 Å². The van der Waals surface area contributed by atoms with Gasteiger partial charge in [0.05, 0.1) is 17.7 Å². The molecule has 2 atom stereocenters. The van der Waals surface area contributed by atoms with Crippen LogP contribution in [0.15, 0.2) is 42.6 Å². The molecule has 2 unspecified atom stereocenters. The molecule has 23 heavy (non-hydrogen) atoms. The highest BCUT2D eigenvalue weighted by atomic mass is 16.3. The molecule has 2 aromatic rings. The zero-order chi connectivity index (χ0) is 17.0. The van der Waals surface area contributed by atoms with Gasteiger partial charge in [-0.2, -0.15) is 0 Å². The van der Waals surface area contributed by atoms with Crippen molar-refractivity contribution in [3.8, 4) is 0 Å². The minimum absolute atomic E-state index is 0.273. The molecule has 2 rings (SSSR count). The average Bonchev–Trinajstić information content (AvgIpc) is 2.90. The van der Waals surface area contributed by atoms with Crippen LogP contribution in [0.4, 0.5) is 0 Å². The van der Waals surface area contributed by atoms with Gasteiger partial charge in [-0.25, -0.2) is 0 Å². The first-order valence-corrected chi connectivity index (χ1v) is 7.37. The Bertz CT molecular complexity index is 694. The number of aromatic nitrogens is 1. The first kappa shape index (κ1) is 16.8. The van der Waals surface area contributed by atoms with Gasteiger partial charge in [0.1, 0.15) is 5.69 Å². The van der Waals surface area contributed by atoms with Gasteiger partial charge in [-0.3, -0.25) is 9.59 Å². The number of rotatable bonds is 6. The first-order valence-electron chi connectivity index (χ1n) is 7.37. The lowest BCUT2D eigenvalue weighted by Gasteiger charge is -2.20. The summed E-state index contributed by atoms with van der Waals surface area (Å²) < 4.78 is 1.53. The predicted octanol–water partition coefficient (Wildman–Crippen LogP) is 0.846. The number of aliphatic hydroxyl groups is 1. The van der Waals surface area contributed by atoms with Crippen molar-refractivity contribution in [2.45, 2.75) is 25.5 Å². The van der Waals surface area contributed by atoms with Crippen LogP contribution in [-0.2, 0) is 13.5 Å². The summed E-state index contributed by atoms with van der Waals surface area (Å²) in [4.78, 5) is 23.4. The van der Waals surface area contributed by atoms with Gasteiger partial charge in [0, 0.05) is 19.7 Å². The zero-order valence-corrected chi connectivity index (χ0v) is 13.2. The summed E-state index contributed by atoms with van der Waals surface area (Å²) in [7, 11) is 1.66. The summed E-state index contributed by atoms with van der Waals surface area (Å²) in [5.74, 6) is -0.948. The minimum Gasteiger partial charge on any atom is -0.391 e. The normalized spacial score (nSPS) is 13.3. The molecule has 0 bridgehead atoms. The predicted molar refractivity (Wildman–Crippen MR) is 87.0 cm³/mol. The Kier molecular flexibility index (Phi) is 5.18. The second kappa shape index (κ2) is 7.11. The van der Waals surface area contributed by atoms with Crippen LogP contribution in [0.3, 0.4) is 0 Å². The Labute approximate surface area is 134 Å². The van der Waals surface area contributed by atoms with Gasteiger partial charge in [-0.15, -0.1) is 0 Å². The minimum atomic E-state index is -0.711. The van der Waals surface area contributed by atoms with E-state index in [1.807, 2.05) is 30.3 Å². The number of aryl methyl sites for hydroxylation is 1. The van der Waals surface area contributed by atoms with Crippen LogP contribution in [0.5, 0.6) is 0 Å². The van der Waals surface area contributed by atoms with E-state index in [1.165, 1.54) is 16.8 Å². The number of carbonyl (C=O) groups excluding carboxylic acids is 2. The molecule has 1 heterocycles. The molecule has 122 valence electrons. The van der Waals surface area contributed by atoms with Crippen LogP contribution >= 0.6 is 0 Å². The van der Waals surface area contributed by atoms with Gasteiger partial charge < -0.3 is 20.7 Å². The van der Waals surface area contributed by atoms with Crippen molar-refractivity contribution in [3.63, 3.8) is 0 Å². The zero-order valence-electron chi connectivity index (χ0n) is 13.2. The number of aliphatic hydroxyl groups excluding tert-OH is 1. The monoisotopic (exact) mass is 315 g/mol. The fourth-order valence-corrected chi connectivity index (χ4v) is 2.33. The third-order valence-corrected chi connectivity index (χ3v) is 3.75. The van der Waals surface area contributed by atoms with Crippen LogP contribution in [0, 0.1) is 0 Å². The molecule has 6 heteroatoms. The van der Waals surface area contributed by atoms with Crippen LogP contribution in [0.1, 0.15) is 33.3 Å². The number of nitrogens with two attached hydrogens (primary N) is 1. The molecule has 2 amide bonds. The van der Waals surface area contributed by atoms with E-state index in [1.54, 1.807) is 14.0 Å². The summed E-state index contributed by atoms with van der Waals surface area (Å²) in [6, 6.07) is 10.6. The van der Waals surface area contributed by atoms with Crippen molar-refractivity contribution in [2.24, 2.45) is 12.8 Å². The van der Waals surface area contributed by atoms with Gasteiger partial charge in [-0.1, -0.05) is 30.3 Å². The number of primary amides is 1. The molecule has 1 aromatic heterocycles. The van der Waals surface area contributed by atoms with E-state index in [4.69, 9.17) is 5.73 Å². The molecular weight excluding hydrogens is 294 g/mol. The average molecular weight is 315 g/mol.